The Morgan fingerprint density at radius 3 is 2.52 bits per heavy atom. The van der Waals surface area contributed by atoms with E-state index in [2.05, 4.69) is 16.6 Å². The average molecular weight is 385 g/mol. The Balaban J connectivity index is 1.69. The molecule has 0 spiro atoms. The third kappa shape index (κ3) is 4.74. The summed E-state index contributed by atoms with van der Waals surface area (Å²) in [7, 11) is -3.37. The molecular weight excluding hydrogens is 362 g/mol. The number of imidazole rings is 1. The molecule has 0 bridgehead atoms. The minimum Gasteiger partial charge on any atom is -0.284 e. The highest BCUT2D eigenvalue weighted by Crippen LogP contribution is 2.17. The molecule has 142 valence electrons. The van der Waals surface area contributed by atoms with Gasteiger partial charge in [-0.25, -0.2) is 13.4 Å². The Bertz CT molecular complexity index is 1020. The first kappa shape index (κ1) is 19.1. The van der Waals surface area contributed by atoms with Gasteiger partial charge in [0.25, 0.3) is 5.91 Å². The Morgan fingerprint density at radius 2 is 1.78 bits per heavy atom. The van der Waals surface area contributed by atoms with Crippen molar-refractivity contribution in [3.05, 3.63) is 60.4 Å². The molecule has 7 heteroatoms. The molecule has 0 saturated heterocycles. The van der Waals surface area contributed by atoms with Gasteiger partial charge >= 0.3 is 0 Å². The Kier molecular flexibility index (Phi) is 5.91. The fourth-order valence-electron chi connectivity index (χ4n) is 2.89. The number of para-hydroxylation sites is 2. The van der Waals surface area contributed by atoms with E-state index in [1.807, 2.05) is 24.3 Å². The van der Waals surface area contributed by atoms with Crippen LogP contribution in [0.25, 0.3) is 11.0 Å². The summed E-state index contributed by atoms with van der Waals surface area (Å²) in [4.78, 5) is 16.9. The summed E-state index contributed by atoms with van der Waals surface area (Å²) >= 11 is 0. The highest BCUT2D eigenvalue weighted by molar-refractivity contribution is 7.92. The zero-order chi connectivity index (χ0) is 19.3. The van der Waals surface area contributed by atoms with Crippen LogP contribution in [0.15, 0.2) is 54.9 Å². The molecule has 0 atom stereocenters. The van der Waals surface area contributed by atoms with Crippen LogP contribution in [0.3, 0.4) is 0 Å². The number of hydrogen-bond acceptors (Lipinski definition) is 4. The summed E-state index contributed by atoms with van der Waals surface area (Å²) in [5, 5.41) is 0. The Morgan fingerprint density at radius 1 is 1.04 bits per heavy atom. The Hall–Kier alpha value is -2.67. The number of carbonyl (C=O) groups is 1. The SMILES string of the molecule is CCCCCCS(=O)(=O)Nc1ccc(C(=O)n2cnc3ccccc32)cc1. The first-order valence-electron chi connectivity index (χ1n) is 9.07. The molecule has 1 heterocycles. The molecule has 0 aliphatic heterocycles. The van der Waals surface area contributed by atoms with E-state index >= 15 is 0 Å². The predicted octanol–water partition coefficient (Wildman–Crippen LogP) is 4.05. The molecule has 3 rings (SSSR count). The van der Waals surface area contributed by atoms with Crippen molar-refractivity contribution in [2.45, 2.75) is 32.6 Å². The lowest BCUT2D eigenvalue weighted by Gasteiger charge is -2.09. The van der Waals surface area contributed by atoms with Gasteiger partial charge in [0.15, 0.2) is 0 Å². The normalized spacial score (nSPS) is 11.6. The second-order valence-corrected chi connectivity index (χ2v) is 8.31. The zero-order valence-electron chi connectivity index (χ0n) is 15.3. The highest BCUT2D eigenvalue weighted by Gasteiger charge is 2.14. The van der Waals surface area contributed by atoms with Gasteiger partial charge in [-0.05, 0) is 42.8 Å². The average Bonchev–Trinajstić information content (AvgIpc) is 3.09. The number of hydrogen-bond donors (Lipinski definition) is 1. The van der Waals surface area contributed by atoms with Gasteiger partial charge in [0.05, 0.1) is 16.8 Å². The third-order valence-electron chi connectivity index (χ3n) is 4.34. The first-order chi connectivity index (χ1) is 13.0. The van der Waals surface area contributed by atoms with Gasteiger partial charge in [0, 0.05) is 11.3 Å². The van der Waals surface area contributed by atoms with E-state index in [-0.39, 0.29) is 11.7 Å². The summed E-state index contributed by atoms with van der Waals surface area (Å²) in [5.41, 5.74) is 2.40. The van der Waals surface area contributed by atoms with E-state index in [9.17, 15) is 13.2 Å². The van der Waals surface area contributed by atoms with Crippen molar-refractivity contribution in [2.24, 2.45) is 0 Å². The number of anilines is 1. The van der Waals surface area contributed by atoms with E-state index < -0.39 is 10.0 Å². The lowest BCUT2D eigenvalue weighted by Crippen LogP contribution is -2.17. The fourth-order valence-corrected chi connectivity index (χ4v) is 4.07. The maximum absolute atomic E-state index is 12.7. The molecule has 0 amide bonds. The van der Waals surface area contributed by atoms with Crippen LogP contribution in [-0.2, 0) is 10.0 Å². The van der Waals surface area contributed by atoms with Crippen LogP contribution < -0.4 is 4.72 Å². The van der Waals surface area contributed by atoms with E-state index in [1.165, 1.54) is 10.9 Å². The summed E-state index contributed by atoms with van der Waals surface area (Å²) in [5.74, 6) is -0.105. The fraction of sp³-hybridized carbons (Fsp3) is 0.300. The van der Waals surface area contributed by atoms with Crippen molar-refractivity contribution in [3.8, 4) is 0 Å². The van der Waals surface area contributed by atoms with Gasteiger partial charge in [-0.15, -0.1) is 0 Å². The van der Waals surface area contributed by atoms with Crippen LogP contribution in [0.5, 0.6) is 0 Å². The van der Waals surface area contributed by atoms with Gasteiger partial charge in [0.1, 0.15) is 6.33 Å². The number of unbranched alkanes of at least 4 members (excludes halogenated alkanes) is 3. The van der Waals surface area contributed by atoms with E-state index in [0.29, 0.717) is 17.7 Å². The molecule has 6 nitrogen and oxygen atoms in total. The lowest BCUT2D eigenvalue weighted by molar-refractivity contribution is 0.0964. The molecule has 2 aromatic carbocycles. The van der Waals surface area contributed by atoms with Gasteiger partial charge < -0.3 is 0 Å². The maximum atomic E-state index is 12.7. The van der Waals surface area contributed by atoms with Crippen LogP contribution >= 0.6 is 0 Å². The maximum Gasteiger partial charge on any atom is 0.263 e. The minimum absolute atomic E-state index is 0.106. The quantitative estimate of drug-likeness (QED) is 0.593. The Labute approximate surface area is 159 Å². The summed E-state index contributed by atoms with van der Waals surface area (Å²) in [6.45, 7) is 2.09. The number of nitrogens with one attached hydrogen (secondary N) is 1. The molecule has 0 unspecified atom stereocenters. The molecule has 0 fully saturated rings. The third-order valence-corrected chi connectivity index (χ3v) is 5.72. The van der Waals surface area contributed by atoms with Crippen LogP contribution in [0, 0.1) is 0 Å². The molecule has 1 aromatic heterocycles. The molecule has 0 aliphatic carbocycles. The number of aromatic nitrogens is 2. The minimum atomic E-state index is -3.37. The number of carbonyl (C=O) groups excluding carboxylic acids is 1. The number of sulfonamides is 1. The van der Waals surface area contributed by atoms with Gasteiger partial charge in [0.2, 0.25) is 10.0 Å². The standard InChI is InChI=1S/C20H23N3O3S/c1-2-3-4-7-14-27(25,26)22-17-12-10-16(11-13-17)20(24)23-15-21-18-8-5-6-9-19(18)23/h5-6,8-13,15,22H,2-4,7,14H2,1H3. The van der Waals surface area contributed by atoms with Gasteiger partial charge in [-0.1, -0.05) is 38.3 Å². The second-order valence-electron chi connectivity index (χ2n) is 6.47. The number of benzene rings is 2. The number of nitrogens with zero attached hydrogens (tertiary/aromatic N) is 2. The molecule has 0 saturated carbocycles. The predicted molar refractivity (Wildman–Crippen MR) is 107 cm³/mol. The number of fused-ring (bicyclic) bond motifs is 1. The smallest absolute Gasteiger partial charge is 0.263 e. The largest absolute Gasteiger partial charge is 0.284 e. The molecule has 3 aromatic rings. The van der Waals surface area contributed by atoms with E-state index in [1.54, 1.807) is 24.3 Å². The molecule has 0 aliphatic rings. The topological polar surface area (TPSA) is 81.1 Å². The van der Waals surface area contributed by atoms with Crippen molar-refractivity contribution < 1.29 is 13.2 Å². The van der Waals surface area contributed by atoms with Crippen molar-refractivity contribution in [1.82, 2.24) is 9.55 Å². The summed E-state index contributed by atoms with van der Waals surface area (Å²) < 4.78 is 28.3. The molecule has 0 radical (unpaired) electrons. The van der Waals surface area contributed by atoms with Crippen LogP contribution in [0.2, 0.25) is 0 Å². The van der Waals surface area contributed by atoms with Crippen molar-refractivity contribution in [1.29, 1.82) is 0 Å². The van der Waals surface area contributed by atoms with Gasteiger partial charge in [-0.3, -0.25) is 14.1 Å². The van der Waals surface area contributed by atoms with Crippen LogP contribution in [0.4, 0.5) is 5.69 Å². The van der Waals surface area contributed by atoms with E-state index in [4.69, 9.17) is 0 Å². The van der Waals surface area contributed by atoms with Crippen molar-refractivity contribution in [2.75, 3.05) is 10.5 Å². The number of rotatable bonds is 8. The molecule has 27 heavy (non-hydrogen) atoms. The zero-order valence-corrected chi connectivity index (χ0v) is 16.1. The van der Waals surface area contributed by atoms with Crippen molar-refractivity contribution >= 4 is 32.7 Å². The summed E-state index contributed by atoms with van der Waals surface area (Å²) in [6.07, 6.45) is 5.15. The monoisotopic (exact) mass is 385 g/mol. The second kappa shape index (κ2) is 8.35. The first-order valence-corrected chi connectivity index (χ1v) is 10.7. The van der Waals surface area contributed by atoms with Crippen LogP contribution in [-0.4, -0.2) is 29.6 Å². The van der Waals surface area contributed by atoms with Crippen molar-refractivity contribution in [3.63, 3.8) is 0 Å². The lowest BCUT2D eigenvalue weighted by atomic mass is 10.2. The highest BCUT2D eigenvalue weighted by atomic mass is 32.2. The molecule has 1 N–H and O–H groups in total. The molecular formula is C20H23N3O3S. The van der Waals surface area contributed by atoms with E-state index in [0.717, 1.165) is 30.3 Å². The van der Waals surface area contributed by atoms with Crippen LogP contribution in [0.1, 0.15) is 43.0 Å². The summed E-state index contributed by atoms with van der Waals surface area (Å²) in [6, 6.07) is 13.8. The van der Waals surface area contributed by atoms with Gasteiger partial charge in [-0.2, -0.15) is 0 Å².